The fourth-order valence-corrected chi connectivity index (χ4v) is 1.94. The topological polar surface area (TPSA) is 78.0 Å². The van der Waals surface area contributed by atoms with Crippen LogP contribution in [0.2, 0.25) is 0 Å². The van der Waals surface area contributed by atoms with E-state index in [1.165, 1.54) is 6.07 Å². The van der Waals surface area contributed by atoms with Crippen LogP contribution in [0.4, 0.5) is 5.82 Å². The van der Waals surface area contributed by atoms with Crippen molar-refractivity contribution >= 4 is 5.82 Å². The zero-order valence-corrected chi connectivity index (χ0v) is 9.42. The molecule has 0 radical (unpaired) electrons. The second-order valence-corrected chi connectivity index (χ2v) is 4.35. The summed E-state index contributed by atoms with van der Waals surface area (Å²) in [6, 6.07) is 1.44. The Kier molecular flexibility index (Phi) is 2.96. The molecule has 0 amide bonds. The van der Waals surface area contributed by atoms with Crippen molar-refractivity contribution in [2.24, 2.45) is 0 Å². The number of hydrogen-bond donors (Lipinski definition) is 3. The van der Waals surface area contributed by atoms with Crippen LogP contribution in [0.15, 0.2) is 10.9 Å². The molecule has 0 aliphatic heterocycles. The van der Waals surface area contributed by atoms with Gasteiger partial charge in [0.15, 0.2) is 0 Å². The largest absolute Gasteiger partial charge is 0.394 e. The Hall–Kier alpha value is -1.36. The Balaban J connectivity index is 2.20. The molecule has 0 spiro atoms. The van der Waals surface area contributed by atoms with E-state index in [9.17, 15) is 9.90 Å². The van der Waals surface area contributed by atoms with Crippen LogP contribution in [0.1, 0.15) is 32.0 Å². The van der Waals surface area contributed by atoms with Crippen molar-refractivity contribution in [3.8, 4) is 0 Å². The number of rotatable bonds is 4. The molecular formula is C11H17N3O2. The monoisotopic (exact) mass is 223 g/mol. The lowest BCUT2D eigenvalue weighted by Crippen LogP contribution is -2.48. The number of nitrogens with zero attached hydrogens (tertiary/aromatic N) is 1. The van der Waals surface area contributed by atoms with Crippen molar-refractivity contribution < 1.29 is 5.11 Å². The maximum Gasteiger partial charge on any atom is 0.252 e. The highest BCUT2D eigenvalue weighted by molar-refractivity contribution is 5.38. The number of aliphatic hydroxyl groups is 1. The zero-order valence-electron chi connectivity index (χ0n) is 9.42. The molecule has 1 saturated carbocycles. The molecule has 1 aromatic rings. The Labute approximate surface area is 93.9 Å². The molecule has 0 aromatic carbocycles. The van der Waals surface area contributed by atoms with Crippen LogP contribution in [0.3, 0.4) is 0 Å². The summed E-state index contributed by atoms with van der Waals surface area (Å²) in [5.41, 5.74) is -0.409. The van der Waals surface area contributed by atoms with Gasteiger partial charge < -0.3 is 15.4 Å². The molecule has 16 heavy (non-hydrogen) atoms. The average Bonchev–Trinajstić information content (AvgIpc) is 2.22. The predicted molar refractivity (Wildman–Crippen MR) is 61.5 cm³/mol. The Bertz CT molecular complexity index is 418. The number of aryl methyl sites for hydroxylation is 1. The smallest absolute Gasteiger partial charge is 0.252 e. The third-order valence-electron chi connectivity index (χ3n) is 3.13. The van der Waals surface area contributed by atoms with E-state index in [4.69, 9.17) is 0 Å². The van der Waals surface area contributed by atoms with E-state index in [2.05, 4.69) is 15.3 Å². The zero-order chi connectivity index (χ0) is 11.6. The number of aliphatic hydroxyl groups excluding tert-OH is 1. The molecule has 3 N–H and O–H groups in total. The first-order chi connectivity index (χ1) is 7.67. The van der Waals surface area contributed by atoms with Crippen molar-refractivity contribution in [1.29, 1.82) is 0 Å². The minimum Gasteiger partial charge on any atom is -0.394 e. The summed E-state index contributed by atoms with van der Waals surface area (Å²) < 4.78 is 0. The maximum absolute atomic E-state index is 11.4. The summed E-state index contributed by atoms with van der Waals surface area (Å²) in [7, 11) is 0. The van der Waals surface area contributed by atoms with Gasteiger partial charge in [0.2, 0.25) is 0 Å². The highest BCUT2D eigenvalue weighted by Crippen LogP contribution is 2.34. The van der Waals surface area contributed by atoms with Gasteiger partial charge in [0.05, 0.1) is 12.1 Å². The number of aromatic amines is 1. The fraction of sp³-hybridized carbons (Fsp3) is 0.636. The molecule has 0 unspecified atom stereocenters. The Morgan fingerprint density at radius 2 is 2.38 bits per heavy atom. The van der Waals surface area contributed by atoms with Gasteiger partial charge in [0, 0.05) is 12.5 Å². The molecule has 2 rings (SSSR count). The van der Waals surface area contributed by atoms with Gasteiger partial charge in [-0.1, -0.05) is 6.92 Å². The van der Waals surface area contributed by atoms with E-state index < -0.39 is 0 Å². The van der Waals surface area contributed by atoms with Gasteiger partial charge in [-0.25, -0.2) is 4.98 Å². The Morgan fingerprint density at radius 3 is 2.88 bits per heavy atom. The number of aromatic nitrogens is 2. The first-order valence-electron chi connectivity index (χ1n) is 5.67. The van der Waals surface area contributed by atoms with E-state index >= 15 is 0 Å². The molecular weight excluding hydrogens is 206 g/mol. The van der Waals surface area contributed by atoms with Crippen molar-refractivity contribution in [2.45, 2.75) is 38.1 Å². The first kappa shape index (κ1) is 11.1. The summed E-state index contributed by atoms with van der Waals surface area (Å²) in [4.78, 5) is 18.3. The minimum atomic E-state index is -0.258. The lowest BCUT2D eigenvalue weighted by atomic mass is 9.77. The molecule has 5 nitrogen and oxygen atoms in total. The van der Waals surface area contributed by atoms with Gasteiger partial charge in [-0.3, -0.25) is 4.79 Å². The molecule has 88 valence electrons. The lowest BCUT2D eigenvalue weighted by molar-refractivity contribution is 0.144. The van der Waals surface area contributed by atoms with Crippen molar-refractivity contribution in [2.75, 3.05) is 11.9 Å². The van der Waals surface area contributed by atoms with Crippen molar-refractivity contribution in [3.05, 3.63) is 22.2 Å². The van der Waals surface area contributed by atoms with Crippen LogP contribution in [-0.2, 0) is 6.42 Å². The standard InChI is InChI=1S/C11H17N3O2/c1-2-8-12-9(6-10(16)13-8)14-11(7-15)4-3-5-11/h6,15H,2-5,7H2,1H3,(H2,12,13,14,16). The number of hydrogen-bond acceptors (Lipinski definition) is 4. The van der Waals surface area contributed by atoms with Crippen LogP contribution >= 0.6 is 0 Å². The van der Waals surface area contributed by atoms with E-state index in [-0.39, 0.29) is 17.7 Å². The normalized spacial score (nSPS) is 17.9. The molecule has 0 bridgehead atoms. The molecule has 1 aliphatic rings. The third kappa shape index (κ3) is 2.09. The summed E-state index contributed by atoms with van der Waals surface area (Å²) in [5.74, 6) is 1.23. The highest BCUT2D eigenvalue weighted by Gasteiger charge is 2.36. The molecule has 0 saturated heterocycles. The summed E-state index contributed by atoms with van der Waals surface area (Å²) in [6.07, 6.45) is 3.66. The van der Waals surface area contributed by atoms with Crippen LogP contribution in [0, 0.1) is 0 Å². The molecule has 0 atom stereocenters. The fourth-order valence-electron chi connectivity index (χ4n) is 1.94. The van der Waals surface area contributed by atoms with Crippen LogP contribution < -0.4 is 10.9 Å². The summed E-state index contributed by atoms with van der Waals surface area (Å²) >= 11 is 0. The lowest BCUT2D eigenvalue weighted by Gasteiger charge is -2.41. The van der Waals surface area contributed by atoms with E-state index in [0.717, 1.165) is 19.3 Å². The number of H-pyrrole nitrogens is 1. The van der Waals surface area contributed by atoms with E-state index in [1.54, 1.807) is 0 Å². The van der Waals surface area contributed by atoms with Gasteiger partial charge in [0.1, 0.15) is 11.6 Å². The van der Waals surface area contributed by atoms with Crippen LogP contribution in [-0.4, -0.2) is 27.2 Å². The van der Waals surface area contributed by atoms with Gasteiger partial charge in [-0.2, -0.15) is 0 Å². The minimum absolute atomic E-state index is 0.0862. The van der Waals surface area contributed by atoms with Gasteiger partial charge in [0.25, 0.3) is 5.56 Å². The molecule has 1 aromatic heterocycles. The van der Waals surface area contributed by atoms with Crippen LogP contribution in [0.5, 0.6) is 0 Å². The highest BCUT2D eigenvalue weighted by atomic mass is 16.3. The van der Waals surface area contributed by atoms with Gasteiger partial charge >= 0.3 is 0 Å². The van der Waals surface area contributed by atoms with E-state index in [0.29, 0.717) is 18.1 Å². The van der Waals surface area contributed by atoms with Crippen molar-refractivity contribution in [3.63, 3.8) is 0 Å². The van der Waals surface area contributed by atoms with E-state index in [1.807, 2.05) is 6.92 Å². The molecule has 1 fully saturated rings. The second kappa shape index (κ2) is 4.25. The summed E-state index contributed by atoms with van der Waals surface area (Å²) in [5, 5.41) is 12.5. The maximum atomic E-state index is 11.4. The molecule has 1 aliphatic carbocycles. The van der Waals surface area contributed by atoms with Crippen LogP contribution in [0.25, 0.3) is 0 Å². The molecule has 5 heteroatoms. The van der Waals surface area contributed by atoms with Crippen molar-refractivity contribution in [1.82, 2.24) is 9.97 Å². The number of anilines is 1. The van der Waals surface area contributed by atoms with Gasteiger partial charge in [-0.15, -0.1) is 0 Å². The quantitative estimate of drug-likeness (QED) is 0.700. The predicted octanol–water partition coefficient (Wildman–Crippen LogP) is 0.659. The SMILES string of the molecule is CCc1nc(NC2(CO)CCC2)cc(=O)[nH]1. The van der Waals surface area contributed by atoms with Gasteiger partial charge in [-0.05, 0) is 19.3 Å². The summed E-state index contributed by atoms with van der Waals surface area (Å²) in [6.45, 7) is 2.02. The Morgan fingerprint density at radius 1 is 1.62 bits per heavy atom. The average molecular weight is 223 g/mol. The first-order valence-corrected chi connectivity index (χ1v) is 5.67. The second-order valence-electron chi connectivity index (χ2n) is 4.35. The third-order valence-corrected chi connectivity index (χ3v) is 3.13. The number of nitrogens with one attached hydrogen (secondary N) is 2. The molecule has 1 heterocycles.